The Labute approximate surface area is 126 Å². The fraction of sp³-hybridized carbons (Fsp3) is 0.941. The Bertz CT molecular complexity index is 197. The lowest BCUT2D eigenvalue weighted by atomic mass is 10.1. The van der Waals surface area contributed by atoms with E-state index in [1.54, 1.807) is 0 Å². The highest BCUT2D eigenvalue weighted by Gasteiger charge is 1.96. The van der Waals surface area contributed by atoms with Crippen LogP contribution in [0.1, 0.15) is 92.4 Å². The van der Waals surface area contributed by atoms with E-state index in [0.717, 1.165) is 12.8 Å². The van der Waals surface area contributed by atoms with E-state index in [-0.39, 0.29) is 0 Å². The number of carbonyl (C=O) groups is 1. The monoisotopic (exact) mass is 287 g/mol. The minimum absolute atomic E-state index is 0.342. The highest BCUT2D eigenvalue weighted by molar-refractivity contribution is 5.66. The lowest BCUT2D eigenvalue weighted by Gasteiger charge is -2.10. The second-order valence-corrected chi connectivity index (χ2v) is 6.09. The summed E-state index contributed by atoms with van der Waals surface area (Å²) >= 11 is 0. The van der Waals surface area contributed by atoms with Crippen LogP contribution in [0, 0.1) is 0 Å². The van der Waals surface area contributed by atoms with E-state index in [2.05, 4.69) is 39.9 Å². The van der Waals surface area contributed by atoms with Crippen molar-refractivity contribution < 1.29 is 9.90 Å². The Balaban J connectivity index is 0. The molecule has 0 heterocycles. The second kappa shape index (κ2) is 16.5. The quantitative estimate of drug-likeness (QED) is 0.526. The molecule has 0 amide bonds. The van der Waals surface area contributed by atoms with Crippen LogP contribution in [0.15, 0.2) is 0 Å². The smallest absolute Gasteiger partial charge is 0.303 e. The maximum absolute atomic E-state index is 10.2. The molecule has 0 aromatic carbocycles. The van der Waals surface area contributed by atoms with Gasteiger partial charge in [0.15, 0.2) is 0 Å². The lowest BCUT2D eigenvalue weighted by Crippen LogP contribution is -2.29. The molecule has 0 saturated carbocycles. The summed E-state index contributed by atoms with van der Waals surface area (Å²) in [6, 6.07) is 1.25. The SMILES string of the molecule is CC(C)NC(C)C.CCCCCCCCCCC(=O)O. The molecule has 0 aromatic rings. The first-order valence-electron chi connectivity index (χ1n) is 8.38. The van der Waals surface area contributed by atoms with Gasteiger partial charge in [0.1, 0.15) is 0 Å². The molecule has 122 valence electrons. The summed E-state index contributed by atoms with van der Waals surface area (Å²) in [4.78, 5) is 10.2. The van der Waals surface area contributed by atoms with E-state index >= 15 is 0 Å². The van der Waals surface area contributed by atoms with Gasteiger partial charge in [-0.2, -0.15) is 0 Å². The molecule has 0 rings (SSSR count). The van der Waals surface area contributed by atoms with Gasteiger partial charge >= 0.3 is 5.97 Å². The average Bonchev–Trinajstić information content (AvgIpc) is 2.31. The van der Waals surface area contributed by atoms with Crippen LogP contribution in [-0.2, 0) is 4.79 Å². The van der Waals surface area contributed by atoms with Gasteiger partial charge in [-0.25, -0.2) is 0 Å². The molecule has 3 heteroatoms. The second-order valence-electron chi connectivity index (χ2n) is 6.09. The zero-order chi connectivity index (χ0) is 15.8. The molecule has 0 spiro atoms. The van der Waals surface area contributed by atoms with E-state index in [4.69, 9.17) is 5.11 Å². The summed E-state index contributed by atoms with van der Waals surface area (Å²) in [6.45, 7) is 10.8. The first-order chi connectivity index (χ1) is 9.40. The van der Waals surface area contributed by atoms with Gasteiger partial charge in [-0.3, -0.25) is 4.79 Å². The molecule has 0 aliphatic carbocycles. The van der Waals surface area contributed by atoms with Gasteiger partial charge < -0.3 is 10.4 Å². The van der Waals surface area contributed by atoms with Gasteiger partial charge in [-0.15, -0.1) is 0 Å². The highest BCUT2D eigenvalue weighted by atomic mass is 16.4. The highest BCUT2D eigenvalue weighted by Crippen LogP contribution is 2.09. The molecule has 0 atom stereocenters. The van der Waals surface area contributed by atoms with Crippen LogP contribution in [0.5, 0.6) is 0 Å². The van der Waals surface area contributed by atoms with E-state index in [0.29, 0.717) is 18.5 Å². The maximum atomic E-state index is 10.2. The number of aliphatic carboxylic acids is 1. The first-order valence-corrected chi connectivity index (χ1v) is 8.38. The van der Waals surface area contributed by atoms with Crippen molar-refractivity contribution in [3.05, 3.63) is 0 Å². The summed E-state index contributed by atoms with van der Waals surface area (Å²) < 4.78 is 0. The maximum Gasteiger partial charge on any atom is 0.303 e. The van der Waals surface area contributed by atoms with Crippen LogP contribution >= 0.6 is 0 Å². The molecule has 0 fully saturated rings. The third kappa shape index (κ3) is 26.1. The van der Waals surface area contributed by atoms with Crippen molar-refractivity contribution in [1.82, 2.24) is 5.32 Å². The van der Waals surface area contributed by atoms with Gasteiger partial charge in [0.2, 0.25) is 0 Å². The molecule has 0 saturated heterocycles. The average molecular weight is 287 g/mol. The van der Waals surface area contributed by atoms with Crippen molar-refractivity contribution >= 4 is 5.97 Å². The standard InChI is InChI=1S/C11H22O2.C6H15N/c1-2-3-4-5-6-7-8-9-10-11(12)13;1-5(2)7-6(3)4/h2-10H2,1H3,(H,12,13);5-7H,1-4H3. The summed E-state index contributed by atoms with van der Waals surface area (Å²) in [5.74, 6) is -0.661. The van der Waals surface area contributed by atoms with Crippen LogP contribution in [0.3, 0.4) is 0 Å². The first kappa shape index (κ1) is 21.7. The van der Waals surface area contributed by atoms with Gasteiger partial charge in [0.05, 0.1) is 0 Å². The number of nitrogens with one attached hydrogen (secondary N) is 1. The minimum Gasteiger partial charge on any atom is -0.481 e. The molecule has 0 aliphatic rings. The third-order valence-corrected chi connectivity index (χ3v) is 2.91. The van der Waals surface area contributed by atoms with Crippen molar-refractivity contribution in [2.24, 2.45) is 0 Å². The molecule has 2 N–H and O–H groups in total. The largest absolute Gasteiger partial charge is 0.481 e. The van der Waals surface area contributed by atoms with Crippen LogP contribution in [0.2, 0.25) is 0 Å². The number of unbranched alkanes of at least 4 members (excludes halogenated alkanes) is 7. The van der Waals surface area contributed by atoms with Gasteiger partial charge in [0.25, 0.3) is 0 Å². The molecule has 0 unspecified atom stereocenters. The predicted molar refractivity (Wildman–Crippen MR) is 88.3 cm³/mol. The van der Waals surface area contributed by atoms with Gasteiger partial charge in [0, 0.05) is 18.5 Å². The van der Waals surface area contributed by atoms with Crippen molar-refractivity contribution in [2.45, 2.75) is 104 Å². The Morgan fingerprint density at radius 3 is 1.55 bits per heavy atom. The molecule has 0 bridgehead atoms. The number of carboxylic acid groups (broad SMARTS) is 1. The van der Waals surface area contributed by atoms with Crippen LogP contribution in [0.4, 0.5) is 0 Å². The van der Waals surface area contributed by atoms with E-state index in [1.807, 2.05) is 0 Å². The van der Waals surface area contributed by atoms with E-state index in [1.165, 1.54) is 38.5 Å². The molecule has 0 aliphatic heterocycles. The van der Waals surface area contributed by atoms with Crippen LogP contribution in [0.25, 0.3) is 0 Å². The van der Waals surface area contributed by atoms with Crippen molar-refractivity contribution in [1.29, 1.82) is 0 Å². The van der Waals surface area contributed by atoms with Crippen molar-refractivity contribution in [3.63, 3.8) is 0 Å². The van der Waals surface area contributed by atoms with Crippen LogP contribution in [-0.4, -0.2) is 23.2 Å². The Kier molecular flexibility index (Phi) is 17.9. The van der Waals surface area contributed by atoms with Crippen LogP contribution < -0.4 is 5.32 Å². The molecular formula is C17H37NO2. The zero-order valence-corrected chi connectivity index (χ0v) is 14.4. The fourth-order valence-electron chi connectivity index (χ4n) is 2.08. The van der Waals surface area contributed by atoms with Crippen molar-refractivity contribution in [3.8, 4) is 0 Å². The number of hydrogen-bond acceptors (Lipinski definition) is 2. The van der Waals surface area contributed by atoms with E-state index < -0.39 is 5.97 Å². The summed E-state index contributed by atoms with van der Waals surface area (Å²) in [5, 5.41) is 11.7. The van der Waals surface area contributed by atoms with Gasteiger partial charge in [-0.1, -0.05) is 79.6 Å². The Morgan fingerprint density at radius 1 is 0.850 bits per heavy atom. The fourth-order valence-corrected chi connectivity index (χ4v) is 2.08. The molecule has 0 radical (unpaired) electrons. The molecule has 0 aromatic heterocycles. The molecule has 3 nitrogen and oxygen atoms in total. The number of hydrogen-bond donors (Lipinski definition) is 2. The van der Waals surface area contributed by atoms with Crippen molar-refractivity contribution in [2.75, 3.05) is 0 Å². The van der Waals surface area contributed by atoms with Gasteiger partial charge in [-0.05, 0) is 6.42 Å². The molecule has 20 heavy (non-hydrogen) atoms. The third-order valence-electron chi connectivity index (χ3n) is 2.91. The zero-order valence-electron chi connectivity index (χ0n) is 14.4. The number of carboxylic acids is 1. The minimum atomic E-state index is -0.661. The predicted octanol–water partition coefficient (Wildman–Crippen LogP) is 4.99. The molecular weight excluding hydrogens is 250 g/mol. The Morgan fingerprint density at radius 2 is 1.25 bits per heavy atom. The summed E-state index contributed by atoms with van der Waals surface area (Å²) in [5.41, 5.74) is 0. The summed E-state index contributed by atoms with van der Waals surface area (Å²) in [7, 11) is 0. The lowest BCUT2D eigenvalue weighted by molar-refractivity contribution is -0.137. The Hall–Kier alpha value is -0.570. The normalized spacial score (nSPS) is 10.6. The van der Waals surface area contributed by atoms with E-state index in [9.17, 15) is 4.79 Å². The topological polar surface area (TPSA) is 49.3 Å². The summed E-state index contributed by atoms with van der Waals surface area (Å²) in [6.07, 6.45) is 10.1. The number of rotatable bonds is 11.